The van der Waals surface area contributed by atoms with Gasteiger partial charge in [0.15, 0.2) is 6.61 Å². The highest BCUT2D eigenvalue weighted by atomic mass is 19.1. The van der Waals surface area contributed by atoms with E-state index >= 15 is 4.39 Å². The van der Waals surface area contributed by atoms with Crippen molar-refractivity contribution >= 4 is 33.7 Å². The van der Waals surface area contributed by atoms with Crippen LogP contribution in [-0.2, 0) is 16.1 Å². The van der Waals surface area contributed by atoms with E-state index in [0.29, 0.717) is 22.8 Å². The zero-order valence-corrected chi connectivity index (χ0v) is 16.2. The first-order valence-electron chi connectivity index (χ1n) is 9.28. The largest absolute Gasteiger partial charge is 0.481 e. The van der Waals surface area contributed by atoms with E-state index in [1.165, 1.54) is 19.2 Å². The Hall–Kier alpha value is -3.87. The lowest BCUT2D eigenvalue weighted by Crippen LogP contribution is -2.13. The smallest absolute Gasteiger partial charge is 0.343 e. The van der Waals surface area contributed by atoms with Gasteiger partial charge in [0.2, 0.25) is 5.91 Å². The summed E-state index contributed by atoms with van der Waals surface area (Å²) < 4.78 is 27.1. The van der Waals surface area contributed by atoms with E-state index in [0.717, 1.165) is 5.56 Å². The topological polar surface area (TPSA) is 83.6 Å². The standard InChI is InChI=1S/C23H19FN2O4/c1-29-19(27)13-30-18-11-10-16(24)22-21(18)20-15(23(25)28)8-5-9-17(20)26(22)12-14-6-3-2-4-7-14/h2-11H,12-13H2,1H3,(H2,25,28). The molecule has 6 nitrogen and oxygen atoms in total. The minimum Gasteiger partial charge on any atom is -0.481 e. The molecule has 0 fully saturated rings. The van der Waals surface area contributed by atoms with Gasteiger partial charge in [-0.1, -0.05) is 36.4 Å². The molecule has 0 unspecified atom stereocenters. The van der Waals surface area contributed by atoms with Crippen LogP contribution in [0.5, 0.6) is 5.75 Å². The molecule has 3 aromatic carbocycles. The second-order valence-electron chi connectivity index (χ2n) is 6.77. The van der Waals surface area contributed by atoms with Gasteiger partial charge >= 0.3 is 5.97 Å². The van der Waals surface area contributed by atoms with Gasteiger partial charge in [-0.05, 0) is 29.8 Å². The maximum Gasteiger partial charge on any atom is 0.343 e. The highest BCUT2D eigenvalue weighted by Gasteiger charge is 2.22. The Morgan fingerprint density at radius 1 is 1.00 bits per heavy atom. The number of aromatic nitrogens is 1. The molecule has 0 atom stereocenters. The van der Waals surface area contributed by atoms with Gasteiger partial charge in [-0.25, -0.2) is 9.18 Å². The molecule has 0 spiro atoms. The van der Waals surface area contributed by atoms with Crippen LogP contribution in [0.1, 0.15) is 15.9 Å². The van der Waals surface area contributed by atoms with Gasteiger partial charge in [0.25, 0.3) is 0 Å². The third kappa shape index (κ3) is 3.34. The summed E-state index contributed by atoms with van der Waals surface area (Å²) in [5, 5.41) is 0.870. The molecule has 0 saturated heterocycles. The maximum absolute atomic E-state index is 15.1. The fraction of sp³-hybridized carbons (Fsp3) is 0.130. The number of halogens is 1. The van der Waals surface area contributed by atoms with Crippen LogP contribution in [0.3, 0.4) is 0 Å². The van der Waals surface area contributed by atoms with Crippen LogP contribution in [0.25, 0.3) is 21.8 Å². The Kier molecular flexibility index (Phi) is 5.10. The number of rotatable bonds is 6. The molecule has 30 heavy (non-hydrogen) atoms. The van der Waals surface area contributed by atoms with Crippen molar-refractivity contribution in [3.63, 3.8) is 0 Å². The number of nitrogens with two attached hydrogens (primary N) is 1. The van der Waals surface area contributed by atoms with Gasteiger partial charge < -0.3 is 19.8 Å². The second kappa shape index (κ2) is 7.87. The van der Waals surface area contributed by atoms with Gasteiger partial charge in [0, 0.05) is 17.5 Å². The van der Waals surface area contributed by atoms with Crippen LogP contribution in [0.2, 0.25) is 0 Å². The van der Waals surface area contributed by atoms with Crippen LogP contribution in [0, 0.1) is 5.82 Å². The Balaban J connectivity index is 2.04. The molecular weight excluding hydrogens is 387 g/mol. The summed E-state index contributed by atoms with van der Waals surface area (Å²) in [4.78, 5) is 23.7. The van der Waals surface area contributed by atoms with Gasteiger partial charge in [-0.2, -0.15) is 0 Å². The summed E-state index contributed by atoms with van der Waals surface area (Å²) in [6.07, 6.45) is 0. The van der Waals surface area contributed by atoms with Crippen molar-refractivity contribution in [3.05, 3.63) is 77.6 Å². The lowest BCUT2D eigenvalue weighted by atomic mass is 10.1. The van der Waals surface area contributed by atoms with Gasteiger partial charge in [0.1, 0.15) is 11.6 Å². The Morgan fingerprint density at radius 3 is 2.47 bits per heavy atom. The highest BCUT2D eigenvalue weighted by Crippen LogP contribution is 2.39. The normalized spacial score (nSPS) is 11.0. The molecule has 152 valence electrons. The van der Waals surface area contributed by atoms with Crippen LogP contribution in [0.4, 0.5) is 4.39 Å². The summed E-state index contributed by atoms with van der Waals surface area (Å²) in [7, 11) is 1.25. The van der Waals surface area contributed by atoms with Gasteiger partial charge in [0.05, 0.1) is 23.5 Å². The van der Waals surface area contributed by atoms with E-state index in [1.54, 1.807) is 22.8 Å². The van der Waals surface area contributed by atoms with Crippen LogP contribution in [0.15, 0.2) is 60.7 Å². The lowest BCUT2D eigenvalue weighted by molar-refractivity contribution is -0.142. The molecule has 0 aliphatic carbocycles. The number of methoxy groups -OCH3 is 1. The number of primary amides is 1. The maximum atomic E-state index is 15.1. The van der Waals surface area contributed by atoms with Crippen molar-refractivity contribution in [3.8, 4) is 5.75 Å². The number of esters is 1. The molecule has 4 rings (SSSR count). The first-order chi connectivity index (χ1) is 14.5. The number of carbonyl (C=O) groups is 2. The summed E-state index contributed by atoms with van der Waals surface area (Å²) in [6.45, 7) is 0.0295. The summed E-state index contributed by atoms with van der Waals surface area (Å²) >= 11 is 0. The molecule has 1 amide bonds. The average molecular weight is 406 g/mol. The molecule has 0 saturated carbocycles. The lowest BCUT2D eigenvalue weighted by Gasteiger charge is -2.10. The van der Waals surface area contributed by atoms with Crippen molar-refractivity contribution < 1.29 is 23.5 Å². The molecular formula is C23H19FN2O4. The predicted octanol–water partition coefficient (Wildman–Crippen LogP) is 3.63. The molecule has 1 aromatic heterocycles. The number of ether oxygens (including phenoxy) is 2. The average Bonchev–Trinajstić information content (AvgIpc) is 3.09. The number of hydrogen-bond donors (Lipinski definition) is 1. The quantitative estimate of drug-likeness (QED) is 0.496. The first kappa shape index (κ1) is 19.4. The predicted molar refractivity (Wildman–Crippen MR) is 111 cm³/mol. The third-order valence-electron chi connectivity index (χ3n) is 4.97. The first-order valence-corrected chi connectivity index (χ1v) is 9.28. The van der Waals surface area contributed by atoms with Crippen molar-refractivity contribution in [2.24, 2.45) is 5.73 Å². The monoisotopic (exact) mass is 406 g/mol. The Morgan fingerprint density at radius 2 is 1.77 bits per heavy atom. The van der Waals surface area contributed by atoms with E-state index in [2.05, 4.69) is 4.74 Å². The second-order valence-corrected chi connectivity index (χ2v) is 6.77. The summed E-state index contributed by atoms with van der Waals surface area (Å²) in [6, 6.07) is 17.4. The number of nitrogens with zero attached hydrogens (tertiary/aromatic N) is 1. The van der Waals surface area contributed by atoms with E-state index in [-0.39, 0.29) is 23.4 Å². The molecule has 2 N–H and O–H groups in total. The van der Waals surface area contributed by atoms with E-state index in [9.17, 15) is 9.59 Å². The molecule has 4 aromatic rings. The van der Waals surface area contributed by atoms with E-state index < -0.39 is 17.7 Å². The number of amides is 1. The summed E-state index contributed by atoms with van der Waals surface area (Å²) in [5.74, 6) is -1.42. The molecule has 0 aliphatic rings. The fourth-order valence-electron chi connectivity index (χ4n) is 3.65. The molecule has 1 heterocycles. The van der Waals surface area contributed by atoms with E-state index in [1.807, 2.05) is 30.3 Å². The van der Waals surface area contributed by atoms with Crippen LogP contribution in [-0.4, -0.2) is 30.2 Å². The van der Waals surface area contributed by atoms with Crippen LogP contribution < -0.4 is 10.5 Å². The fourth-order valence-corrected chi connectivity index (χ4v) is 3.65. The van der Waals surface area contributed by atoms with Gasteiger partial charge in [-0.15, -0.1) is 0 Å². The SMILES string of the molecule is COC(=O)COc1ccc(F)c2c1c1c(C(N)=O)cccc1n2Cc1ccccc1. The Labute approximate surface area is 171 Å². The number of benzene rings is 3. The molecule has 0 radical (unpaired) electrons. The Bertz CT molecular complexity index is 1260. The van der Waals surface area contributed by atoms with Crippen molar-refractivity contribution in [1.29, 1.82) is 0 Å². The summed E-state index contributed by atoms with van der Waals surface area (Å²) in [5.41, 5.74) is 7.72. The van der Waals surface area contributed by atoms with Crippen molar-refractivity contribution in [2.75, 3.05) is 13.7 Å². The third-order valence-corrected chi connectivity index (χ3v) is 4.97. The molecule has 7 heteroatoms. The number of fused-ring (bicyclic) bond motifs is 3. The minimum atomic E-state index is -0.637. The highest BCUT2D eigenvalue weighted by molar-refractivity contribution is 6.19. The van der Waals surface area contributed by atoms with Gasteiger partial charge in [-0.3, -0.25) is 4.79 Å². The number of carbonyl (C=O) groups excluding carboxylic acids is 2. The van der Waals surface area contributed by atoms with Crippen molar-refractivity contribution in [1.82, 2.24) is 4.57 Å². The van der Waals surface area contributed by atoms with Crippen LogP contribution >= 0.6 is 0 Å². The minimum absolute atomic E-state index is 0.248. The number of hydrogen-bond acceptors (Lipinski definition) is 4. The van der Waals surface area contributed by atoms with Crippen molar-refractivity contribution in [2.45, 2.75) is 6.54 Å². The zero-order chi connectivity index (χ0) is 21.3. The zero-order valence-electron chi connectivity index (χ0n) is 16.2. The van der Waals surface area contributed by atoms with E-state index in [4.69, 9.17) is 10.5 Å². The molecule has 0 bridgehead atoms. The molecule has 0 aliphatic heterocycles.